The summed E-state index contributed by atoms with van der Waals surface area (Å²) in [6.07, 6.45) is 0. The second-order valence-corrected chi connectivity index (χ2v) is 10.2. The highest BCUT2D eigenvalue weighted by atomic mass is 15.0. The molecule has 1 nitrogen and oxygen atoms in total. The van der Waals surface area contributed by atoms with Crippen LogP contribution in [0.5, 0.6) is 0 Å². The van der Waals surface area contributed by atoms with E-state index in [4.69, 9.17) is 0 Å². The van der Waals surface area contributed by atoms with Crippen LogP contribution in [0, 0.1) is 0 Å². The Kier molecular flexibility index (Phi) is 4.89. The Morgan fingerprint density at radius 1 is 0.333 bits per heavy atom. The highest BCUT2D eigenvalue weighted by Gasteiger charge is 2.15. The molecule has 0 bridgehead atoms. The first kappa shape index (κ1) is 21.9. The van der Waals surface area contributed by atoms with E-state index in [9.17, 15) is 0 Å². The van der Waals surface area contributed by atoms with E-state index in [1.165, 1.54) is 71.3 Å². The molecule has 1 aromatic heterocycles. The third kappa shape index (κ3) is 3.48. The Balaban J connectivity index is 1.43. The van der Waals surface area contributed by atoms with Crippen molar-refractivity contribution in [2.75, 3.05) is 0 Å². The molecule has 0 unspecified atom stereocenters. The van der Waals surface area contributed by atoms with Crippen LogP contribution in [0.3, 0.4) is 0 Å². The Morgan fingerprint density at radius 2 is 0.795 bits per heavy atom. The molecule has 1 heteroatoms. The van der Waals surface area contributed by atoms with Gasteiger partial charge in [-0.05, 0) is 80.2 Å². The minimum Gasteiger partial charge on any atom is -0.309 e. The minimum atomic E-state index is 1.17. The summed E-state index contributed by atoms with van der Waals surface area (Å²) in [5, 5.41) is 7.62. The van der Waals surface area contributed by atoms with Gasteiger partial charge in [0.25, 0.3) is 0 Å². The largest absolute Gasteiger partial charge is 0.309 e. The fourth-order valence-electron chi connectivity index (χ4n) is 6.17. The number of rotatable bonds is 3. The number of benzene rings is 7. The molecule has 8 rings (SSSR count). The average Bonchev–Trinajstić information content (AvgIpc) is 3.34. The maximum Gasteiger partial charge on any atom is 0.0541 e. The number of nitrogens with zero attached hydrogens (tertiary/aromatic N) is 1. The first-order valence-corrected chi connectivity index (χ1v) is 13.5. The lowest BCUT2D eigenvalue weighted by atomic mass is 9.95. The predicted octanol–water partition coefficient (Wildman–Crippen LogP) is 10.4. The first-order chi connectivity index (χ1) is 19.3. The van der Waals surface area contributed by atoms with Crippen LogP contribution >= 0.6 is 0 Å². The molecule has 1 heterocycles. The minimum absolute atomic E-state index is 1.17. The Morgan fingerprint density at radius 3 is 1.33 bits per heavy atom. The van der Waals surface area contributed by atoms with Gasteiger partial charge in [-0.25, -0.2) is 0 Å². The fourth-order valence-corrected chi connectivity index (χ4v) is 6.17. The van der Waals surface area contributed by atoms with Crippen LogP contribution in [-0.2, 0) is 0 Å². The van der Waals surface area contributed by atoms with Crippen molar-refractivity contribution in [1.82, 2.24) is 4.57 Å². The van der Waals surface area contributed by atoms with Crippen molar-refractivity contribution >= 4 is 43.4 Å². The summed E-state index contributed by atoms with van der Waals surface area (Å²) >= 11 is 0. The van der Waals surface area contributed by atoms with Crippen molar-refractivity contribution in [2.24, 2.45) is 0 Å². The van der Waals surface area contributed by atoms with E-state index in [0.717, 1.165) is 0 Å². The lowest BCUT2D eigenvalue weighted by Gasteiger charge is -2.10. The van der Waals surface area contributed by atoms with E-state index < -0.39 is 0 Å². The van der Waals surface area contributed by atoms with Crippen LogP contribution in [-0.4, -0.2) is 4.57 Å². The summed E-state index contributed by atoms with van der Waals surface area (Å²) < 4.78 is 2.39. The van der Waals surface area contributed by atoms with Crippen LogP contribution in [0.15, 0.2) is 152 Å². The summed E-state index contributed by atoms with van der Waals surface area (Å²) in [4.78, 5) is 0. The van der Waals surface area contributed by atoms with Crippen molar-refractivity contribution in [3.63, 3.8) is 0 Å². The van der Waals surface area contributed by atoms with Gasteiger partial charge in [0.05, 0.1) is 11.0 Å². The molecule has 7 aromatic carbocycles. The molecular weight excluding hydrogens is 470 g/mol. The molecule has 8 aromatic rings. The normalized spacial score (nSPS) is 11.6. The summed E-state index contributed by atoms with van der Waals surface area (Å²) in [7, 11) is 0. The van der Waals surface area contributed by atoms with E-state index in [1.807, 2.05) is 0 Å². The van der Waals surface area contributed by atoms with Crippen molar-refractivity contribution in [2.45, 2.75) is 0 Å². The molecular formula is C38H25N. The molecule has 0 saturated heterocycles. The maximum absolute atomic E-state index is 2.39. The van der Waals surface area contributed by atoms with E-state index in [0.29, 0.717) is 0 Å². The first-order valence-electron chi connectivity index (χ1n) is 13.5. The lowest BCUT2D eigenvalue weighted by molar-refractivity contribution is 1.18. The molecule has 0 aliphatic heterocycles. The standard InChI is InChI=1S/C38H25N/c1-2-14-30(15-3-1)39-37-22-20-28(33-18-8-12-26-10-4-6-16-31(26)33)24-35(37)36-25-29(21-23-38(36)39)34-19-9-13-27-11-5-7-17-32(27)34/h1-25H. The van der Waals surface area contributed by atoms with Gasteiger partial charge >= 0.3 is 0 Å². The van der Waals surface area contributed by atoms with E-state index in [-0.39, 0.29) is 0 Å². The Hall–Kier alpha value is -5.14. The highest BCUT2D eigenvalue weighted by Crippen LogP contribution is 2.39. The van der Waals surface area contributed by atoms with Crippen LogP contribution < -0.4 is 0 Å². The smallest absolute Gasteiger partial charge is 0.0541 e. The molecule has 182 valence electrons. The topological polar surface area (TPSA) is 4.93 Å². The van der Waals surface area contributed by atoms with Crippen molar-refractivity contribution in [3.8, 4) is 27.9 Å². The number of hydrogen-bond donors (Lipinski definition) is 0. The second-order valence-electron chi connectivity index (χ2n) is 10.2. The van der Waals surface area contributed by atoms with Crippen LogP contribution in [0.2, 0.25) is 0 Å². The third-order valence-corrected chi connectivity index (χ3v) is 7.98. The molecule has 0 N–H and O–H groups in total. The summed E-state index contributed by atoms with van der Waals surface area (Å²) in [6, 6.07) is 55.0. The molecule has 0 amide bonds. The van der Waals surface area contributed by atoms with Crippen molar-refractivity contribution in [1.29, 1.82) is 0 Å². The Labute approximate surface area is 227 Å². The highest BCUT2D eigenvalue weighted by molar-refractivity contribution is 6.13. The molecule has 0 saturated carbocycles. The Bertz CT molecular complexity index is 2020. The molecule has 0 aliphatic rings. The molecule has 0 aliphatic carbocycles. The van der Waals surface area contributed by atoms with Gasteiger partial charge in [0.2, 0.25) is 0 Å². The monoisotopic (exact) mass is 495 g/mol. The van der Waals surface area contributed by atoms with Gasteiger partial charge in [-0.3, -0.25) is 0 Å². The van der Waals surface area contributed by atoms with Gasteiger partial charge in [-0.15, -0.1) is 0 Å². The van der Waals surface area contributed by atoms with Gasteiger partial charge in [0, 0.05) is 16.5 Å². The van der Waals surface area contributed by atoms with Crippen LogP contribution in [0.25, 0.3) is 71.3 Å². The van der Waals surface area contributed by atoms with Crippen LogP contribution in [0.4, 0.5) is 0 Å². The zero-order valence-electron chi connectivity index (χ0n) is 21.4. The summed E-state index contributed by atoms with van der Waals surface area (Å²) in [5.74, 6) is 0. The fraction of sp³-hybridized carbons (Fsp3) is 0. The van der Waals surface area contributed by atoms with Gasteiger partial charge in [0.1, 0.15) is 0 Å². The van der Waals surface area contributed by atoms with E-state index >= 15 is 0 Å². The summed E-state index contributed by atoms with van der Waals surface area (Å²) in [5.41, 5.74) is 8.62. The molecule has 0 atom stereocenters. The average molecular weight is 496 g/mol. The number of fused-ring (bicyclic) bond motifs is 5. The van der Waals surface area contributed by atoms with Gasteiger partial charge in [-0.1, -0.05) is 115 Å². The van der Waals surface area contributed by atoms with E-state index in [1.54, 1.807) is 0 Å². The van der Waals surface area contributed by atoms with Gasteiger partial charge in [0.15, 0.2) is 0 Å². The zero-order valence-corrected chi connectivity index (χ0v) is 21.4. The number of para-hydroxylation sites is 1. The number of hydrogen-bond acceptors (Lipinski definition) is 0. The van der Waals surface area contributed by atoms with Crippen molar-refractivity contribution in [3.05, 3.63) is 152 Å². The van der Waals surface area contributed by atoms with Crippen LogP contribution in [0.1, 0.15) is 0 Å². The molecule has 0 radical (unpaired) electrons. The molecule has 39 heavy (non-hydrogen) atoms. The van der Waals surface area contributed by atoms with E-state index in [2.05, 4.69) is 156 Å². The summed E-state index contributed by atoms with van der Waals surface area (Å²) in [6.45, 7) is 0. The van der Waals surface area contributed by atoms with Gasteiger partial charge < -0.3 is 4.57 Å². The zero-order chi connectivity index (χ0) is 25.8. The molecule has 0 spiro atoms. The second kappa shape index (κ2) is 8.72. The van der Waals surface area contributed by atoms with Crippen molar-refractivity contribution < 1.29 is 0 Å². The molecule has 0 fully saturated rings. The lowest BCUT2D eigenvalue weighted by Crippen LogP contribution is -1.93. The number of aromatic nitrogens is 1. The third-order valence-electron chi connectivity index (χ3n) is 7.98. The maximum atomic E-state index is 2.39. The van der Waals surface area contributed by atoms with Gasteiger partial charge in [-0.2, -0.15) is 0 Å². The SMILES string of the molecule is c1ccc(-n2c3ccc(-c4cccc5ccccc45)cc3c3cc(-c4cccc5ccccc45)ccc32)cc1. The predicted molar refractivity (Wildman–Crippen MR) is 167 cm³/mol. The quantitative estimate of drug-likeness (QED) is 0.230.